The fraction of sp³-hybridized carbons (Fsp3) is 0.480. The van der Waals surface area contributed by atoms with Gasteiger partial charge in [-0.05, 0) is 56.6 Å². The zero-order valence-electron chi connectivity index (χ0n) is 19.8. The summed E-state index contributed by atoms with van der Waals surface area (Å²) in [6.45, 7) is 13.0. The third-order valence-electron chi connectivity index (χ3n) is 5.60. The van der Waals surface area contributed by atoms with E-state index in [-0.39, 0.29) is 24.3 Å². The lowest BCUT2D eigenvalue weighted by atomic mass is 9.90. The molecule has 2 aliphatic rings. The first-order valence-electron chi connectivity index (χ1n) is 11.2. The van der Waals surface area contributed by atoms with Crippen LogP contribution in [0.1, 0.15) is 63.3 Å². The molecule has 1 unspecified atom stereocenters. The van der Waals surface area contributed by atoms with Crippen molar-refractivity contribution in [2.75, 3.05) is 13.2 Å². The van der Waals surface area contributed by atoms with Crippen LogP contribution in [-0.2, 0) is 14.3 Å². The molecule has 1 atom stereocenters. The molecule has 0 saturated carbocycles. The van der Waals surface area contributed by atoms with Crippen molar-refractivity contribution >= 4 is 28.8 Å². The Hall–Kier alpha value is -2.54. The van der Waals surface area contributed by atoms with Crippen molar-refractivity contribution in [3.05, 3.63) is 57.3 Å². The Labute approximate surface area is 195 Å². The van der Waals surface area contributed by atoms with Crippen LogP contribution in [0.2, 0.25) is 0 Å². The number of carbonyl (C=O) groups excluding carboxylic acids is 2. The van der Waals surface area contributed by atoms with Gasteiger partial charge in [0.15, 0.2) is 5.17 Å². The maximum absolute atomic E-state index is 13.0. The number of aliphatic imine (C=N–C) groups is 1. The van der Waals surface area contributed by atoms with E-state index in [9.17, 15) is 9.59 Å². The molecule has 1 N–H and O–H groups in total. The third-order valence-corrected chi connectivity index (χ3v) is 6.49. The highest BCUT2D eigenvalue weighted by Crippen LogP contribution is 2.45. The zero-order valence-corrected chi connectivity index (χ0v) is 20.6. The van der Waals surface area contributed by atoms with Gasteiger partial charge in [0, 0.05) is 12.2 Å². The number of ether oxygens (including phenoxy) is 1. The van der Waals surface area contributed by atoms with Crippen LogP contribution in [0.15, 0.2) is 45.6 Å². The fourth-order valence-corrected chi connectivity index (χ4v) is 4.96. The molecule has 0 aliphatic carbocycles. The summed E-state index contributed by atoms with van der Waals surface area (Å²) in [6, 6.07) is 5.85. The predicted molar refractivity (Wildman–Crippen MR) is 130 cm³/mol. The third kappa shape index (κ3) is 5.26. The molecule has 0 bridgehead atoms. The normalized spacial score (nSPS) is 17.8. The van der Waals surface area contributed by atoms with E-state index < -0.39 is 0 Å². The van der Waals surface area contributed by atoms with Crippen LogP contribution >= 0.6 is 11.8 Å². The summed E-state index contributed by atoms with van der Waals surface area (Å²) in [7, 11) is 0. The molecule has 0 radical (unpaired) electrons. The molecule has 2 aliphatic heterocycles. The summed E-state index contributed by atoms with van der Waals surface area (Å²) < 4.78 is 5.41. The molecule has 0 saturated heterocycles. The molecule has 1 aromatic carbocycles. The van der Waals surface area contributed by atoms with Gasteiger partial charge < -0.3 is 15.0 Å². The summed E-state index contributed by atoms with van der Waals surface area (Å²) in [5.74, 6) is 0.143. The Morgan fingerprint density at radius 3 is 2.66 bits per heavy atom. The number of allylic oxidation sites excluding steroid dienone is 1. The SMILES string of the molecule is CCOC(=O)C1=C(C)N=C2SC=C(CC(=O)NCCC(C)C)N2C1c1ccc(C)cc1C. The van der Waals surface area contributed by atoms with Gasteiger partial charge in [0.05, 0.1) is 30.3 Å². The first kappa shape index (κ1) is 24.1. The van der Waals surface area contributed by atoms with E-state index >= 15 is 0 Å². The number of fused-ring (bicyclic) bond motifs is 1. The number of nitrogens with zero attached hydrogens (tertiary/aromatic N) is 2. The molecule has 7 heteroatoms. The van der Waals surface area contributed by atoms with E-state index in [2.05, 4.69) is 51.2 Å². The quantitative estimate of drug-likeness (QED) is 0.559. The molecule has 6 nitrogen and oxygen atoms in total. The van der Waals surface area contributed by atoms with Crippen molar-refractivity contribution in [3.63, 3.8) is 0 Å². The van der Waals surface area contributed by atoms with Gasteiger partial charge in [0.1, 0.15) is 0 Å². The minimum atomic E-state index is -0.383. The van der Waals surface area contributed by atoms with Crippen LogP contribution < -0.4 is 5.32 Å². The van der Waals surface area contributed by atoms with E-state index in [1.165, 1.54) is 11.8 Å². The lowest BCUT2D eigenvalue weighted by Crippen LogP contribution is -2.38. The van der Waals surface area contributed by atoms with Crippen LogP contribution in [0.4, 0.5) is 0 Å². The number of amidine groups is 1. The maximum atomic E-state index is 13.0. The second kappa shape index (κ2) is 10.4. The lowest BCUT2D eigenvalue weighted by molar-refractivity contribution is -0.139. The number of thioether (sulfide) groups is 1. The largest absolute Gasteiger partial charge is 0.463 e. The summed E-state index contributed by atoms with van der Waals surface area (Å²) >= 11 is 1.49. The number of esters is 1. The minimum absolute atomic E-state index is 0.0258. The summed E-state index contributed by atoms with van der Waals surface area (Å²) in [6.07, 6.45) is 1.18. The standard InChI is InChI=1S/C25H33N3O3S/c1-7-31-24(30)22-18(6)27-25-28(23(22)20-9-8-16(4)12-17(20)5)19(14-32-25)13-21(29)26-11-10-15(2)3/h8-9,12,14-15,23H,7,10-11,13H2,1-6H3,(H,26,29). The number of hydrogen-bond donors (Lipinski definition) is 1. The minimum Gasteiger partial charge on any atom is -0.463 e. The zero-order chi connectivity index (χ0) is 23.4. The average Bonchev–Trinajstić information content (AvgIpc) is 3.09. The Morgan fingerprint density at radius 2 is 2.00 bits per heavy atom. The first-order chi connectivity index (χ1) is 15.2. The Kier molecular flexibility index (Phi) is 7.82. The van der Waals surface area contributed by atoms with E-state index in [1.54, 1.807) is 6.92 Å². The van der Waals surface area contributed by atoms with Gasteiger partial charge in [0.25, 0.3) is 0 Å². The number of aryl methyl sites for hydroxylation is 2. The van der Waals surface area contributed by atoms with Gasteiger partial charge in [-0.25, -0.2) is 9.79 Å². The van der Waals surface area contributed by atoms with Gasteiger partial charge in [-0.2, -0.15) is 0 Å². The molecule has 32 heavy (non-hydrogen) atoms. The molecular formula is C25H33N3O3S. The first-order valence-corrected chi connectivity index (χ1v) is 12.1. The Morgan fingerprint density at radius 1 is 1.25 bits per heavy atom. The van der Waals surface area contributed by atoms with E-state index in [1.807, 2.05) is 17.2 Å². The number of hydrogen-bond acceptors (Lipinski definition) is 6. The maximum Gasteiger partial charge on any atom is 0.338 e. The molecular weight excluding hydrogens is 422 g/mol. The second-order valence-corrected chi connectivity index (χ2v) is 9.52. The van der Waals surface area contributed by atoms with Gasteiger partial charge in [0.2, 0.25) is 5.91 Å². The predicted octanol–water partition coefficient (Wildman–Crippen LogP) is 4.99. The summed E-state index contributed by atoms with van der Waals surface area (Å²) in [5, 5.41) is 5.77. The highest BCUT2D eigenvalue weighted by atomic mass is 32.2. The van der Waals surface area contributed by atoms with Gasteiger partial charge >= 0.3 is 5.97 Å². The van der Waals surface area contributed by atoms with Crippen molar-refractivity contribution in [1.82, 2.24) is 10.2 Å². The number of benzene rings is 1. The molecule has 0 spiro atoms. The number of amides is 1. The molecule has 3 rings (SSSR count). The van der Waals surface area contributed by atoms with Gasteiger partial charge in [-0.1, -0.05) is 49.4 Å². The van der Waals surface area contributed by atoms with E-state index in [0.29, 0.717) is 30.3 Å². The topological polar surface area (TPSA) is 71.0 Å². The monoisotopic (exact) mass is 455 g/mol. The van der Waals surface area contributed by atoms with Crippen molar-refractivity contribution in [2.24, 2.45) is 10.9 Å². The van der Waals surface area contributed by atoms with Crippen molar-refractivity contribution in [1.29, 1.82) is 0 Å². The number of rotatable bonds is 8. The summed E-state index contributed by atoms with van der Waals surface area (Å²) in [4.78, 5) is 32.4. The van der Waals surface area contributed by atoms with E-state index in [4.69, 9.17) is 9.73 Å². The number of carbonyl (C=O) groups is 2. The average molecular weight is 456 g/mol. The smallest absolute Gasteiger partial charge is 0.338 e. The molecule has 172 valence electrons. The summed E-state index contributed by atoms with van der Waals surface area (Å²) in [5.41, 5.74) is 5.28. The van der Waals surface area contributed by atoms with Crippen molar-refractivity contribution in [2.45, 2.75) is 60.4 Å². The van der Waals surface area contributed by atoms with Gasteiger partial charge in [-0.3, -0.25) is 4.79 Å². The second-order valence-electron chi connectivity index (χ2n) is 8.68. The molecule has 0 aromatic heterocycles. The Balaban J connectivity index is 1.96. The molecule has 0 fully saturated rings. The number of nitrogens with one attached hydrogen (secondary N) is 1. The highest BCUT2D eigenvalue weighted by Gasteiger charge is 2.41. The lowest BCUT2D eigenvalue weighted by Gasteiger charge is -2.37. The van der Waals surface area contributed by atoms with E-state index in [0.717, 1.165) is 34.0 Å². The van der Waals surface area contributed by atoms with Crippen LogP contribution in [0.5, 0.6) is 0 Å². The Bertz CT molecular complexity index is 994. The molecule has 1 amide bonds. The molecule has 2 heterocycles. The fourth-order valence-electron chi connectivity index (χ4n) is 3.99. The molecule has 1 aromatic rings. The highest BCUT2D eigenvalue weighted by molar-refractivity contribution is 8.16. The van der Waals surface area contributed by atoms with Gasteiger partial charge in [-0.15, -0.1) is 0 Å². The van der Waals surface area contributed by atoms with Crippen molar-refractivity contribution < 1.29 is 14.3 Å². The van der Waals surface area contributed by atoms with Crippen LogP contribution in [0.3, 0.4) is 0 Å². The van der Waals surface area contributed by atoms with Crippen LogP contribution in [0.25, 0.3) is 0 Å². The van der Waals surface area contributed by atoms with Crippen LogP contribution in [-0.4, -0.2) is 35.1 Å². The van der Waals surface area contributed by atoms with Crippen LogP contribution in [0, 0.1) is 19.8 Å². The van der Waals surface area contributed by atoms with Crippen molar-refractivity contribution in [3.8, 4) is 0 Å².